The van der Waals surface area contributed by atoms with Gasteiger partial charge in [0, 0.05) is 48.1 Å². The van der Waals surface area contributed by atoms with Crippen LogP contribution in [0.1, 0.15) is 61.5 Å². The van der Waals surface area contributed by atoms with E-state index in [2.05, 4.69) is 20.6 Å². The number of amides is 2. The van der Waals surface area contributed by atoms with Gasteiger partial charge in [-0.1, -0.05) is 0 Å². The maximum atomic E-state index is 14.8. The topological polar surface area (TPSA) is 105 Å². The molecule has 0 bridgehead atoms. The number of pyridine rings is 1. The van der Waals surface area contributed by atoms with E-state index in [0.29, 0.717) is 51.7 Å². The number of nitrogens with one attached hydrogen (secondary N) is 3. The number of aromatic amines is 1. The summed E-state index contributed by atoms with van der Waals surface area (Å²) in [5, 5.41) is 6.11. The molecule has 2 saturated carbocycles. The fraction of sp³-hybridized carbons (Fsp3) is 0.464. The van der Waals surface area contributed by atoms with E-state index in [0.717, 1.165) is 38.5 Å². The molecule has 5 rings (SSSR count). The van der Waals surface area contributed by atoms with Crippen LogP contribution in [0, 0.1) is 18.7 Å². The van der Waals surface area contributed by atoms with Gasteiger partial charge in [-0.2, -0.15) is 0 Å². The molecule has 2 aliphatic rings. The van der Waals surface area contributed by atoms with Crippen molar-refractivity contribution in [3.63, 3.8) is 0 Å². The summed E-state index contributed by atoms with van der Waals surface area (Å²) in [7, 11) is 1.43. The summed E-state index contributed by atoms with van der Waals surface area (Å²) in [6.45, 7) is 3.93. The molecule has 9 heteroatoms. The predicted molar refractivity (Wildman–Crippen MR) is 138 cm³/mol. The van der Waals surface area contributed by atoms with Gasteiger partial charge < -0.3 is 25.1 Å². The van der Waals surface area contributed by atoms with Gasteiger partial charge in [0.05, 0.1) is 24.8 Å². The van der Waals surface area contributed by atoms with Crippen LogP contribution in [0.15, 0.2) is 24.4 Å². The highest BCUT2D eigenvalue weighted by molar-refractivity contribution is 6.09. The minimum atomic E-state index is -0.489. The van der Waals surface area contributed by atoms with Gasteiger partial charge in [0.25, 0.3) is 5.91 Å². The number of hydrogen-bond donors (Lipinski definition) is 3. The second kappa shape index (κ2) is 10.4. The first-order valence-electron chi connectivity index (χ1n) is 12.9. The lowest BCUT2D eigenvalue weighted by atomic mass is 9.91. The van der Waals surface area contributed by atoms with E-state index in [4.69, 9.17) is 9.47 Å². The SMILES string of the molecule is COc1cc(OCC2CC2)c(-c2ccnc3c(C(=O)N[C@H]4CC[C@@H](NC(C)=O)CC4)c(C)[nH]c23)cc1F. The summed E-state index contributed by atoms with van der Waals surface area (Å²) in [5.41, 5.74) is 3.64. The van der Waals surface area contributed by atoms with Crippen LogP contribution in [0.3, 0.4) is 0 Å². The maximum absolute atomic E-state index is 14.8. The summed E-state index contributed by atoms with van der Waals surface area (Å²) >= 11 is 0. The number of halogens is 1. The minimum Gasteiger partial charge on any atom is -0.494 e. The lowest BCUT2D eigenvalue weighted by Crippen LogP contribution is -2.43. The molecule has 2 fully saturated rings. The van der Waals surface area contributed by atoms with Crippen LogP contribution >= 0.6 is 0 Å². The number of rotatable bonds is 8. The van der Waals surface area contributed by atoms with Crippen LogP contribution in [-0.4, -0.2) is 47.6 Å². The summed E-state index contributed by atoms with van der Waals surface area (Å²) in [5.74, 6) is 0.474. The second-order valence-corrected chi connectivity index (χ2v) is 10.2. The monoisotopic (exact) mass is 508 g/mol. The standard InChI is InChI=1S/C28H33FN4O4/c1-15-25(28(35)33-19-8-6-18(7-9-19)32-16(2)34)27-26(31-15)20(10-11-30-27)21-12-22(29)24(36-3)13-23(21)37-14-17-4-5-17/h10-13,17-19,31H,4-9,14H2,1-3H3,(H,32,34)(H,33,35)/t18-,19+. The molecule has 2 aromatic heterocycles. The number of carbonyl (C=O) groups excluding carboxylic acids is 2. The molecule has 0 aliphatic heterocycles. The Labute approximate surface area is 215 Å². The van der Waals surface area contributed by atoms with Gasteiger partial charge in [-0.15, -0.1) is 0 Å². The molecule has 0 unspecified atom stereocenters. The number of nitrogens with zero attached hydrogens (tertiary/aromatic N) is 1. The van der Waals surface area contributed by atoms with E-state index < -0.39 is 5.82 Å². The third-order valence-corrected chi connectivity index (χ3v) is 7.29. The Morgan fingerprint density at radius 1 is 1.05 bits per heavy atom. The van der Waals surface area contributed by atoms with Crippen LogP contribution in [0.25, 0.3) is 22.2 Å². The first-order chi connectivity index (χ1) is 17.8. The molecular weight excluding hydrogens is 475 g/mol. The highest BCUT2D eigenvalue weighted by Gasteiger charge is 2.27. The van der Waals surface area contributed by atoms with E-state index in [9.17, 15) is 14.0 Å². The first kappa shape index (κ1) is 25.0. The highest BCUT2D eigenvalue weighted by atomic mass is 19.1. The molecule has 3 aromatic rings. The fourth-order valence-corrected chi connectivity index (χ4v) is 5.15. The number of methoxy groups -OCH3 is 1. The first-order valence-corrected chi connectivity index (χ1v) is 12.9. The molecular formula is C28H33FN4O4. The smallest absolute Gasteiger partial charge is 0.255 e. The molecule has 1 aromatic carbocycles. The van der Waals surface area contributed by atoms with Crippen molar-refractivity contribution >= 4 is 22.8 Å². The van der Waals surface area contributed by atoms with Gasteiger partial charge in [-0.25, -0.2) is 4.39 Å². The molecule has 2 amide bonds. The second-order valence-electron chi connectivity index (χ2n) is 10.2. The van der Waals surface area contributed by atoms with E-state index in [-0.39, 0.29) is 29.6 Å². The van der Waals surface area contributed by atoms with Crippen LogP contribution in [0.4, 0.5) is 4.39 Å². The molecule has 3 N–H and O–H groups in total. The Hall–Kier alpha value is -3.62. The number of ether oxygens (including phenoxy) is 2. The maximum Gasteiger partial charge on any atom is 0.255 e. The van der Waals surface area contributed by atoms with Crippen molar-refractivity contribution in [2.24, 2.45) is 5.92 Å². The fourth-order valence-electron chi connectivity index (χ4n) is 5.15. The molecule has 0 spiro atoms. The van der Waals surface area contributed by atoms with Crippen LogP contribution in [0.2, 0.25) is 0 Å². The number of aromatic nitrogens is 2. The van der Waals surface area contributed by atoms with Crippen LogP contribution < -0.4 is 20.1 Å². The van der Waals surface area contributed by atoms with Crippen molar-refractivity contribution in [3.05, 3.63) is 41.5 Å². The summed E-state index contributed by atoms with van der Waals surface area (Å²) in [6, 6.07) is 4.99. The third-order valence-electron chi connectivity index (χ3n) is 7.29. The minimum absolute atomic E-state index is 0.0263. The van der Waals surface area contributed by atoms with Crippen molar-refractivity contribution in [2.45, 2.75) is 64.5 Å². The van der Waals surface area contributed by atoms with Crippen molar-refractivity contribution in [1.29, 1.82) is 0 Å². The normalized spacial score (nSPS) is 19.5. The number of carbonyl (C=O) groups is 2. The van der Waals surface area contributed by atoms with Gasteiger partial charge in [-0.3, -0.25) is 14.6 Å². The Kier molecular flexibility index (Phi) is 7.04. The van der Waals surface area contributed by atoms with E-state index >= 15 is 0 Å². The van der Waals surface area contributed by atoms with Crippen LogP contribution in [-0.2, 0) is 4.79 Å². The Bertz CT molecular complexity index is 1330. The molecule has 2 aliphatic carbocycles. The number of hydrogen-bond acceptors (Lipinski definition) is 5. The number of fused-ring (bicyclic) bond motifs is 1. The Balaban J connectivity index is 1.43. The summed E-state index contributed by atoms with van der Waals surface area (Å²) in [6.07, 6.45) is 7.14. The van der Waals surface area contributed by atoms with E-state index in [1.54, 1.807) is 18.3 Å². The van der Waals surface area contributed by atoms with Gasteiger partial charge >= 0.3 is 0 Å². The molecule has 0 atom stereocenters. The van der Waals surface area contributed by atoms with Gasteiger partial charge in [-0.05, 0) is 63.5 Å². The summed E-state index contributed by atoms with van der Waals surface area (Å²) in [4.78, 5) is 32.5. The zero-order chi connectivity index (χ0) is 26.1. The van der Waals surface area contributed by atoms with Crippen molar-refractivity contribution < 1.29 is 23.5 Å². The number of aryl methyl sites for hydroxylation is 1. The lowest BCUT2D eigenvalue weighted by molar-refractivity contribution is -0.119. The van der Waals surface area contributed by atoms with Crippen molar-refractivity contribution in [3.8, 4) is 22.6 Å². The van der Waals surface area contributed by atoms with Gasteiger partial charge in [0.15, 0.2) is 11.6 Å². The number of benzene rings is 1. The highest BCUT2D eigenvalue weighted by Crippen LogP contribution is 2.40. The van der Waals surface area contributed by atoms with E-state index in [1.165, 1.54) is 20.1 Å². The lowest BCUT2D eigenvalue weighted by Gasteiger charge is -2.29. The Morgan fingerprint density at radius 3 is 2.41 bits per heavy atom. The van der Waals surface area contributed by atoms with E-state index in [1.807, 2.05) is 6.92 Å². The molecule has 2 heterocycles. The molecule has 37 heavy (non-hydrogen) atoms. The quantitative estimate of drug-likeness (QED) is 0.411. The van der Waals surface area contributed by atoms with Crippen molar-refractivity contribution in [2.75, 3.05) is 13.7 Å². The predicted octanol–water partition coefficient (Wildman–Crippen LogP) is 4.65. The van der Waals surface area contributed by atoms with Gasteiger partial charge in [0.1, 0.15) is 11.3 Å². The molecule has 0 radical (unpaired) electrons. The largest absolute Gasteiger partial charge is 0.494 e. The average molecular weight is 509 g/mol. The van der Waals surface area contributed by atoms with Crippen LogP contribution in [0.5, 0.6) is 11.5 Å². The molecule has 196 valence electrons. The average Bonchev–Trinajstić information content (AvgIpc) is 3.63. The molecule has 8 nitrogen and oxygen atoms in total. The Morgan fingerprint density at radius 2 is 1.76 bits per heavy atom. The summed E-state index contributed by atoms with van der Waals surface area (Å²) < 4.78 is 26.1. The zero-order valence-corrected chi connectivity index (χ0v) is 21.4. The molecule has 0 saturated heterocycles. The van der Waals surface area contributed by atoms with Gasteiger partial charge in [0.2, 0.25) is 5.91 Å². The number of H-pyrrole nitrogens is 1. The zero-order valence-electron chi connectivity index (χ0n) is 21.4. The van der Waals surface area contributed by atoms with Crippen molar-refractivity contribution in [1.82, 2.24) is 20.6 Å². The third kappa shape index (κ3) is 5.40.